The van der Waals surface area contributed by atoms with Crippen molar-refractivity contribution in [3.05, 3.63) is 28.5 Å². The summed E-state index contributed by atoms with van der Waals surface area (Å²) in [7, 11) is -3.69. The van der Waals surface area contributed by atoms with E-state index in [-0.39, 0.29) is 11.6 Å². The minimum atomic E-state index is -3.69. The summed E-state index contributed by atoms with van der Waals surface area (Å²) in [4.78, 5) is 0. The molecule has 1 aliphatic rings. The molecule has 8 heteroatoms. The number of hydrogen-bond donors (Lipinski definition) is 2. The van der Waals surface area contributed by atoms with E-state index < -0.39 is 16.0 Å². The van der Waals surface area contributed by atoms with Crippen molar-refractivity contribution < 1.29 is 12.8 Å². The lowest BCUT2D eigenvalue weighted by atomic mass is 10.0. The summed E-state index contributed by atoms with van der Waals surface area (Å²) in [5, 5.41) is 0. The first kappa shape index (κ1) is 15.7. The molecule has 1 aromatic carbocycles. The van der Waals surface area contributed by atoms with Crippen LogP contribution in [0.5, 0.6) is 0 Å². The first-order valence-corrected chi connectivity index (χ1v) is 8.58. The Morgan fingerprint density at radius 1 is 1.50 bits per heavy atom. The number of benzene rings is 1. The fraction of sp³-hybridized carbons (Fsp3) is 0.500. The van der Waals surface area contributed by atoms with Crippen LogP contribution in [0.1, 0.15) is 12.8 Å². The van der Waals surface area contributed by atoms with E-state index in [0.29, 0.717) is 24.1 Å². The summed E-state index contributed by atoms with van der Waals surface area (Å²) in [5.41, 5.74) is 5.80. The summed E-state index contributed by atoms with van der Waals surface area (Å²) >= 11 is 3.20. The van der Waals surface area contributed by atoms with Crippen LogP contribution < -0.4 is 10.5 Å². The number of nitrogens with two attached hydrogens (primary N) is 1. The average Bonchev–Trinajstić information content (AvgIpc) is 2.43. The van der Waals surface area contributed by atoms with Gasteiger partial charge in [0.15, 0.2) is 0 Å². The number of rotatable bonds is 4. The van der Waals surface area contributed by atoms with Gasteiger partial charge in [0.2, 0.25) is 0 Å². The molecule has 0 bridgehead atoms. The standard InChI is InChI=1S/C12H17BrFN3O2S/c13-11-4-3-10(14)6-12(11)16-20(18,19)17-5-1-2-9(7-15)8-17/h3-4,6,9,16H,1-2,5,7-8,15H2. The summed E-state index contributed by atoms with van der Waals surface area (Å²) in [6.07, 6.45) is 1.72. The molecule has 1 aliphatic heterocycles. The van der Waals surface area contributed by atoms with Crippen molar-refractivity contribution in [2.45, 2.75) is 12.8 Å². The Morgan fingerprint density at radius 2 is 2.25 bits per heavy atom. The maximum absolute atomic E-state index is 13.2. The Morgan fingerprint density at radius 3 is 2.95 bits per heavy atom. The molecule has 1 heterocycles. The van der Waals surface area contributed by atoms with Gasteiger partial charge >= 0.3 is 10.2 Å². The molecule has 3 N–H and O–H groups in total. The minimum absolute atomic E-state index is 0.177. The Labute approximate surface area is 126 Å². The highest BCUT2D eigenvalue weighted by atomic mass is 79.9. The molecule has 0 spiro atoms. The topological polar surface area (TPSA) is 75.4 Å². The summed E-state index contributed by atoms with van der Waals surface area (Å²) < 4.78 is 42.1. The zero-order chi connectivity index (χ0) is 14.8. The van der Waals surface area contributed by atoms with Gasteiger partial charge in [-0.25, -0.2) is 4.39 Å². The summed E-state index contributed by atoms with van der Waals surface area (Å²) in [6.45, 7) is 1.33. The van der Waals surface area contributed by atoms with Crippen molar-refractivity contribution in [2.75, 3.05) is 24.4 Å². The highest BCUT2D eigenvalue weighted by Crippen LogP contribution is 2.26. The van der Waals surface area contributed by atoms with Gasteiger partial charge in [0.25, 0.3) is 0 Å². The van der Waals surface area contributed by atoms with E-state index in [1.165, 1.54) is 16.4 Å². The van der Waals surface area contributed by atoms with E-state index >= 15 is 0 Å². The van der Waals surface area contributed by atoms with Crippen molar-refractivity contribution in [1.82, 2.24) is 4.31 Å². The Kier molecular flexibility index (Phi) is 5.00. The molecule has 1 atom stereocenters. The first-order chi connectivity index (χ1) is 9.42. The zero-order valence-corrected chi connectivity index (χ0v) is 13.3. The normalized spacial score (nSPS) is 20.9. The maximum Gasteiger partial charge on any atom is 0.301 e. The van der Waals surface area contributed by atoms with Crippen LogP contribution in [0.2, 0.25) is 0 Å². The predicted octanol–water partition coefficient (Wildman–Crippen LogP) is 1.92. The number of nitrogens with zero attached hydrogens (tertiary/aromatic N) is 1. The second-order valence-corrected chi connectivity index (χ2v) is 7.36. The van der Waals surface area contributed by atoms with Crippen LogP contribution >= 0.6 is 15.9 Å². The quantitative estimate of drug-likeness (QED) is 0.855. The smallest absolute Gasteiger partial charge is 0.301 e. The highest BCUT2D eigenvalue weighted by molar-refractivity contribution is 9.10. The van der Waals surface area contributed by atoms with E-state index in [1.807, 2.05) is 0 Å². The van der Waals surface area contributed by atoms with E-state index in [9.17, 15) is 12.8 Å². The van der Waals surface area contributed by atoms with Crippen molar-refractivity contribution in [2.24, 2.45) is 11.7 Å². The molecular formula is C12H17BrFN3O2S. The van der Waals surface area contributed by atoms with Gasteiger partial charge in [-0.05, 0) is 59.4 Å². The van der Waals surface area contributed by atoms with Crippen LogP contribution in [0.15, 0.2) is 22.7 Å². The van der Waals surface area contributed by atoms with Crippen LogP contribution in [-0.2, 0) is 10.2 Å². The molecule has 1 aromatic rings. The van der Waals surface area contributed by atoms with E-state index in [0.717, 1.165) is 18.9 Å². The van der Waals surface area contributed by atoms with Crippen LogP contribution in [0.3, 0.4) is 0 Å². The molecule has 5 nitrogen and oxygen atoms in total. The van der Waals surface area contributed by atoms with Gasteiger partial charge in [-0.1, -0.05) is 0 Å². The van der Waals surface area contributed by atoms with Gasteiger partial charge < -0.3 is 5.73 Å². The number of piperidine rings is 1. The summed E-state index contributed by atoms with van der Waals surface area (Å²) in [5.74, 6) is -0.319. The number of halogens is 2. The maximum atomic E-state index is 13.2. The zero-order valence-electron chi connectivity index (χ0n) is 10.9. The van der Waals surface area contributed by atoms with Crippen LogP contribution in [0.4, 0.5) is 10.1 Å². The molecule has 1 saturated heterocycles. The molecule has 112 valence electrons. The van der Waals surface area contributed by atoms with Gasteiger partial charge in [0, 0.05) is 17.6 Å². The van der Waals surface area contributed by atoms with Gasteiger partial charge in [0.1, 0.15) is 5.82 Å². The van der Waals surface area contributed by atoms with Gasteiger partial charge in [0.05, 0.1) is 5.69 Å². The third-order valence-corrected chi connectivity index (χ3v) is 5.50. The fourth-order valence-corrected chi connectivity index (χ4v) is 4.05. The Bertz CT molecular complexity index is 582. The fourth-order valence-electron chi connectivity index (χ4n) is 2.22. The van der Waals surface area contributed by atoms with Gasteiger partial charge in [-0.3, -0.25) is 4.72 Å². The monoisotopic (exact) mass is 365 g/mol. The molecule has 0 saturated carbocycles. The van der Waals surface area contributed by atoms with E-state index in [2.05, 4.69) is 20.7 Å². The summed E-state index contributed by atoms with van der Waals surface area (Å²) in [6, 6.07) is 3.87. The third-order valence-electron chi connectivity index (χ3n) is 3.32. The lowest BCUT2D eigenvalue weighted by Crippen LogP contribution is -2.44. The van der Waals surface area contributed by atoms with Crippen LogP contribution in [0, 0.1) is 11.7 Å². The molecule has 0 amide bonds. The molecule has 1 unspecified atom stereocenters. The van der Waals surface area contributed by atoms with Gasteiger partial charge in [-0.15, -0.1) is 0 Å². The minimum Gasteiger partial charge on any atom is -0.330 e. The molecule has 0 radical (unpaired) electrons. The van der Waals surface area contributed by atoms with Crippen molar-refractivity contribution in [3.63, 3.8) is 0 Å². The molecule has 0 aromatic heterocycles. The highest BCUT2D eigenvalue weighted by Gasteiger charge is 2.28. The number of nitrogens with one attached hydrogen (secondary N) is 1. The lowest BCUT2D eigenvalue weighted by Gasteiger charge is -2.31. The predicted molar refractivity (Wildman–Crippen MR) is 80.0 cm³/mol. The van der Waals surface area contributed by atoms with Gasteiger partial charge in [-0.2, -0.15) is 12.7 Å². The third kappa shape index (κ3) is 3.69. The van der Waals surface area contributed by atoms with Crippen molar-refractivity contribution in [1.29, 1.82) is 0 Å². The van der Waals surface area contributed by atoms with E-state index in [4.69, 9.17) is 5.73 Å². The average molecular weight is 366 g/mol. The molecule has 2 rings (SSSR count). The van der Waals surface area contributed by atoms with Crippen molar-refractivity contribution >= 4 is 31.8 Å². The SMILES string of the molecule is NCC1CCCN(S(=O)(=O)Nc2cc(F)ccc2Br)C1. The molecular weight excluding hydrogens is 349 g/mol. The first-order valence-electron chi connectivity index (χ1n) is 6.35. The Hall–Kier alpha value is -0.700. The van der Waals surface area contributed by atoms with Crippen LogP contribution in [0.25, 0.3) is 0 Å². The lowest BCUT2D eigenvalue weighted by molar-refractivity contribution is 0.273. The Balaban J connectivity index is 2.16. The van der Waals surface area contributed by atoms with E-state index in [1.54, 1.807) is 0 Å². The molecule has 0 aliphatic carbocycles. The number of anilines is 1. The second-order valence-electron chi connectivity index (χ2n) is 4.83. The second kappa shape index (κ2) is 6.38. The number of hydrogen-bond acceptors (Lipinski definition) is 3. The molecule has 1 fully saturated rings. The largest absolute Gasteiger partial charge is 0.330 e. The van der Waals surface area contributed by atoms with Crippen LogP contribution in [-0.4, -0.2) is 32.4 Å². The molecule has 20 heavy (non-hydrogen) atoms. The van der Waals surface area contributed by atoms with Crippen molar-refractivity contribution in [3.8, 4) is 0 Å².